The van der Waals surface area contributed by atoms with Gasteiger partial charge in [-0.05, 0) is 19.8 Å². The monoisotopic (exact) mass is 265 g/mol. The van der Waals surface area contributed by atoms with Crippen LogP contribution in [0.5, 0.6) is 5.88 Å². The van der Waals surface area contributed by atoms with Gasteiger partial charge in [0, 0.05) is 19.2 Å². The van der Waals surface area contributed by atoms with Gasteiger partial charge in [-0.25, -0.2) is 9.97 Å². The molecule has 0 spiro atoms. The summed E-state index contributed by atoms with van der Waals surface area (Å²) in [6.45, 7) is 6.98. The second-order valence-corrected chi connectivity index (χ2v) is 5.21. The third kappa shape index (κ3) is 3.13. The summed E-state index contributed by atoms with van der Waals surface area (Å²) in [5, 5.41) is 9.14. The lowest BCUT2D eigenvalue weighted by Crippen LogP contribution is -2.23. The number of anilines is 1. The van der Waals surface area contributed by atoms with Gasteiger partial charge in [0.05, 0.1) is 12.0 Å². The molecule has 0 aliphatic carbocycles. The molecule has 1 fully saturated rings. The Labute approximate surface area is 112 Å². The Morgan fingerprint density at radius 1 is 1.47 bits per heavy atom. The minimum absolute atomic E-state index is 0.0482. The molecular formula is C13H19N3O3. The molecule has 1 saturated heterocycles. The van der Waals surface area contributed by atoms with Crippen LogP contribution in [0.2, 0.25) is 0 Å². The van der Waals surface area contributed by atoms with Gasteiger partial charge in [-0.1, -0.05) is 6.92 Å². The first kappa shape index (κ1) is 13.6. The summed E-state index contributed by atoms with van der Waals surface area (Å²) in [5.74, 6) is 0.266. The number of nitrogens with zero attached hydrogens (tertiary/aromatic N) is 3. The van der Waals surface area contributed by atoms with Crippen molar-refractivity contribution in [3.05, 3.63) is 12.4 Å². The van der Waals surface area contributed by atoms with Crippen LogP contribution in [-0.4, -0.2) is 40.2 Å². The molecule has 2 unspecified atom stereocenters. The van der Waals surface area contributed by atoms with Crippen molar-refractivity contribution in [2.24, 2.45) is 11.8 Å². The average Bonchev–Trinajstić information content (AvgIpc) is 2.71. The molecule has 1 N–H and O–H groups in total. The third-order valence-electron chi connectivity index (χ3n) is 3.24. The lowest BCUT2D eigenvalue weighted by Gasteiger charge is -2.17. The van der Waals surface area contributed by atoms with Crippen LogP contribution < -0.4 is 9.64 Å². The molecule has 2 heterocycles. The Bertz CT molecular complexity index is 464. The van der Waals surface area contributed by atoms with Crippen molar-refractivity contribution in [2.75, 3.05) is 18.0 Å². The molecule has 1 aliphatic rings. The number of carbonyl (C=O) groups is 1. The van der Waals surface area contributed by atoms with E-state index in [0.717, 1.165) is 5.82 Å². The number of hydrogen-bond donors (Lipinski definition) is 1. The molecule has 6 nitrogen and oxygen atoms in total. The average molecular weight is 265 g/mol. The van der Waals surface area contributed by atoms with E-state index in [9.17, 15) is 4.79 Å². The standard InChI is InChI=1S/C13H19N3O3/c1-8(2)19-12-4-11(14-7-15-12)16-5-9(3)10(6-16)13(17)18/h4,7-10H,5-6H2,1-3H3,(H,17,18). The van der Waals surface area contributed by atoms with E-state index in [1.54, 1.807) is 6.07 Å². The van der Waals surface area contributed by atoms with Crippen LogP contribution >= 0.6 is 0 Å². The highest BCUT2D eigenvalue weighted by molar-refractivity contribution is 5.72. The quantitative estimate of drug-likeness (QED) is 0.887. The van der Waals surface area contributed by atoms with E-state index < -0.39 is 5.97 Å². The minimum atomic E-state index is -0.747. The Morgan fingerprint density at radius 2 is 2.21 bits per heavy atom. The first-order chi connectivity index (χ1) is 8.97. The molecule has 1 aromatic heterocycles. The van der Waals surface area contributed by atoms with E-state index in [2.05, 4.69) is 9.97 Å². The van der Waals surface area contributed by atoms with Crippen LogP contribution in [0.1, 0.15) is 20.8 Å². The lowest BCUT2D eigenvalue weighted by atomic mass is 9.99. The first-order valence-corrected chi connectivity index (χ1v) is 6.44. The zero-order valence-electron chi connectivity index (χ0n) is 11.4. The number of aliphatic carboxylic acids is 1. The predicted molar refractivity (Wildman–Crippen MR) is 70.3 cm³/mol. The summed E-state index contributed by atoms with van der Waals surface area (Å²) in [5.41, 5.74) is 0. The molecule has 6 heteroatoms. The minimum Gasteiger partial charge on any atom is -0.481 e. The SMILES string of the molecule is CC(C)Oc1cc(N2CC(C)C(C(=O)O)C2)ncn1. The number of aromatic nitrogens is 2. The van der Waals surface area contributed by atoms with Gasteiger partial charge in [0.1, 0.15) is 12.1 Å². The summed E-state index contributed by atoms with van der Waals surface area (Å²) in [6, 6.07) is 1.76. The summed E-state index contributed by atoms with van der Waals surface area (Å²) >= 11 is 0. The molecule has 0 aromatic carbocycles. The molecule has 0 saturated carbocycles. The Hall–Kier alpha value is -1.85. The van der Waals surface area contributed by atoms with Crippen molar-refractivity contribution >= 4 is 11.8 Å². The van der Waals surface area contributed by atoms with Gasteiger partial charge in [-0.3, -0.25) is 4.79 Å². The van der Waals surface area contributed by atoms with Gasteiger partial charge < -0.3 is 14.7 Å². The number of carboxylic acids is 1. The molecule has 0 bridgehead atoms. The highest BCUT2D eigenvalue weighted by Crippen LogP contribution is 2.28. The van der Waals surface area contributed by atoms with Crippen molar-refractivity contribution in [2.45, 2.75) is 26.9 Å². The second kappa shape index (κ2) is 5.42. The van der Waals surface area contributed by atoms with E-state index in [4.69, 9.17) is 9.84 Å². The summed E-state index contributed by atoms with van der Waals surface area (Å²) in [6.07, 6.45) is 1.50. The van der Waals surface area contributed by atoms with Gasteiger partial charge in [0.15, 0.2) is 0 Å². The highest BCUT2D eigenvalue weighted by atomic mass is 16.5. The third-order valence-corrected chi connectivity index (χ3v) is 3.24. The highest BCUT2D eigenvalue weighted by Gasteiger charge is 2.35. The summed E-state index contributed by atoms with van der Waals surface area (Å²) in [7, 11) is 0. The van der Waals surface area contributed by atoms with Crippen LogP contribution in [0.3, 0.4) is 0 Å². The number of hydrogen-bond acceptors (Lipinski definition) is 5. The molecule has 2 rings (SSSR count). The van der Waals surface area contributed by atoms with Gasteiger partial charge >= 0.3 is 5.97 Å². The van der Waals surface area contributed by atoms with Crippen LogP contribution in [-0.2, 0) is 4.79 Å². The molecule has 1 aromatic rings. The molecule has 1 aliphatic heterocycles. The normalized spacial score (nSPS) is 22.8. The van der Waals surface area contributed by atoms with Gasteiger partial charge in [0.2, 0.25) is 5.88 Å². The summed E-state index contributed by atoms with van der Waals surface area (Å²) in [4.78, 5) is 21.3. The van der Waals surface area contributed by atoms with Crippen molar-refractivity contribution in [1.29, 1.82) is 0 Å². The zero-order valence-corrected chi connectivity index (χ0v) is 11.4. The number of rotatable bonds is 4. The van der Waals surface area contributed by atoms with Gasteiger partial charge in [0.25, 0.3) is 0 Å². The zero-order chi connectivity index (χ0) is 14.0. The van der Waals surface area contributed by atoms with Crippen LogP contribution in [0, 0.1) is 11.8 Å². The maximum absolute atomic E-state index is 11.1. The molecule has 0 radical (unpaired) electrons. The molecule has 0 amide bonds. The largest absolute Gasteiger partial charge is 0.481 e. The van der Waals surface area contributed by atoms with Crippen molar-refractivity contribution in [3.8, 4) is 5.88 Å². The molecular weight excluding hydrogens is 246 g/mol. The fourth-order valence-electron chi connectivity index (χ4n) is 2.28. The van der Waals surface area contributed by atoms with E-state index in [0.29, 0.717) is 19.0 Å². The predicted octanol–water partition coefficient (Wildman–Crippen LogP) is 1.42. The summed E-state index contributed by atoms with van der Waals surface area (Å²) < 4.78 is 5.52. The first-order valence-electron chi connectivity index (χ1n) is 6.44. The fourth-order valence-corrected chi connectivity index (χ4v) is 2.28. The van der Waals surface area contributed by atoms with Crippen LogP contribution in [0.25, 0.3) is 0 Å². The van der Waals surface area contributed by atoms with E-state index >= 15 is 0 Å². The number of ether oxygens (including phenoxy) is 1. The maximum atomic E-state index is 11.1. The smallest absolute Gasteiger partial charge is 0.308 e. The van der Waals surface area contributed by atoms with Crippen molar-refractivity contribution < 1.29 is 14.6 Å². The lowest BCUT2D eigenvalue weighted by molar-refractivity contribution is -0.142. The van der Waals surface area contributed by atoms with E-state index in [1.807, 2.05) is 25.7 Å². The molecule has 2 atom stereocenters. The van der Waals surface area contributed by atoms with Gasteiger partial charge in [-0.2, -0.15) is 0 Å². The Morgan fingerprint density at radius 3 is 2.79 bits per heavy atom. The molecule has 19 heavy (non-hydrogen) atoms. The Kier molecular flexibility index (Phi) is 3.87. The van der Waals surface area contributed by atoms with Crippen LogP contribution in [0.15, 0.2) is 12.4 Å². The van der Waals surface area contributed by atoms with Crippen molar-refractivity contribution in [1.82, 2.24) is 9.97 Å². The maximum Gasteiger partial charge on any atom is 0.308 e. The topological polar surface area (TPSA) is 75.5 Å². The van der Waals surface area contributed by atoms with E-state index in [1.165, 1.54) is 6.33 Å². The number of carboxylic acid groups (broad SMARTS) is 1. The molecule has 104 valence electrons. The van der Waals surface area contributed by atoms with Gasteiger partial charge in [-0.15, -0.1) is 0 Å². The fraction of sp³-hybridized carbons (Fsp3) is 0.615. The van der Waals surface area contributed by atoms with E-state index in [-0.39, 0.29) is 17.9 Å². The second-order valence-electron chi connectivity index (χ2n) is 5.21. The van der Waals surface area contributed by atoms with Crippen LogP contribution in [0.4, 0.5) is 5.82 Å². The van der Waals surface area contributed by atoms with Crippen molar-refractivity contribution in [3.63, 3.8) is 0 Å². The Balaban J connectivity index is 2.13.